The van der Waals surface area contributed by atoms with E-state index in [1.807, 2.05) is 0 Å². The highest BCUT2D eigenvalue weighted by molar-refractivity contribution is 5.62. The van der Waals surface area contributed by atoms with Gasteiger partial charge in [-0.25, -0.2) is 0 Å². The molecule has 7 N–H and O–H groups in total. The van der Waals surface area contributed by atoms with Gasteiger partial charge in [0, 0.05) is 35.4 Å². The molecule has 0 heterocycles. The fourth-order valence-electron chi connectivity index (χ4n) is 5.76. The average Bonchev–Trinajstić information content (AvgIpc) is 3.23. The van der Waals surface area contributed by atoms with Gasteiger partial charge in [-0.1, -0.05) is 12.1 Å². The third-order valence-corrected chi connectivity index (χ3v) is 7.35. The predicted molar refractivity (Wildman–Crippen MR) is 141 cm³/mol. The zero-order chi connectivity index (χ0) is 28.0. The summed E-state index contributed by atoms with van der Waals surface area (Å²) in [4.78, 5) is 0. The summed E-state index contributed by atoms with van der Waals surface area (Å²) < 4.78 is 10.6. The van der Waals surface area contributed by atoms with E-state index in [-0.39, 0.29) is 46.0 Å². The second-order valence-electron chi connectivity index (χ2n) is 9.59. The first-order valence-corrected chi connectivity index (χ1v) is 12.1. The molecule has 1 aliphatic rings. The van der Waals surface area contributed by atoms with E-state index in [0.717, 1.165) is 0 Å². The number of phenolic OH excluding ortho intramolecular Hbond substituents is 6. The van der Waals surface area contributed by atoms with E-state index in [1.165, 1.54) is 62.8 Å². The predicted octanol–water partition coefficient (Wildman–Crippen LogP) is 4.68. The van der Waals surface area contributed by atoms with Gasteiger partial charge >= 0.3 is 0 Å². The molecule has 0 aliphatic heterocycles. The van der Waals surface area contributed by atoms with E-state index in [9.17, 15) is 35.7 Å². The number of ether oxygens (including phenoxy) is 2. The van der Waals surface area contributed by atoms with Gasteiger partial charge in [0.1, 0.15) is 23.0 Å². The highest BCUT2D eigenvalue weighted by atomic mass is 16.5. The second-order valence-corrected chi connectivity index (χ2v) is 9.59. The summed E-state index contributed by atoms with van der Waals surface area (Å²) in [5.74, 6) is -2.88. The minimum absolute atomic E-state index is 0.0891. The molecule has 0 unspecified atom stereocenters. The SMILES string of the molecule is COc1cc([C@H]2c3c(O)cc(O)cc3[C@@H]([C@@H](O)c3ccc(O)c(OC)c3)[C@@H]2c2cc(O)cc(O)c2)ccc1O. The van der Waals surface area contributed by atoms with Crippen molar-refractivity contribution < 1.29 is 45.2 Å². The van der Waals surface area contributed by atoms with Crippen molar-refractivity contribution in [3.63, 3.8) is 0 Å². The van der Waals surface area contributed by atoms with Gasteiger partial charge < -0.3 is 45.2 Å². The highest BCUT2D eigenvalue weighted by Gasteiger charge is 2.48. The van der Waals surface area contributed by atoms with Crippen LogP contribution in [0.3, 0.4) is 0 Å². The molecular weight excluding hydrogens is 504 g/mol. The van der Waals surface area contributed by atoms with Gasteiger partial charge in [0.15, 0.2) is 23.0 Å². The number of rotatable bonds is 6. The van der Waals surface area contributed by atoms with E-state index in [2.05, 4.69) is 0 Å². The molecule has 0 aromatic heterocycles. The fraction of sp³-hybridized carbons (Fsp3) is 0.200. The lowest BCUT2D eigenvalue weighted by Crippen LogP contribution is -2.18. The van der Waals surface area contributed by atoms with Crippen LogP contribution in [-0.4, -0.2) is 50.0 Å². The van der Waals surface area contributed by atoms with Crippen LogP contribution < -0.4 is 9.47 Å². The monoisotopic (exact) mass is 532 g/mol. The summed E-state index contributed by atoms with van der Waals surface area (Å²) in [7, 11) is 2.80. The lowest BCUT2D eigenvalue weighted by molar-refractivity contribution is 0.134. The normalized spacial score (nSPS) is 18.9. The van der Waals surface area contributed by atoms with Crippen molar-refractivity contribution in [2.24, 2.45) is 0 Å². The first-order valence-electron chi connectivity index (χ1n) is 12.1. The van der Waals surface area contributed by atoms with Crippen LogP contribution in [0.1, 0.15) is 51.7 Å². The summed E-state index contributed by atoms with van der Waals surface area (Å²) in [6.07, 6.45) is -1.25. The summed E-state index contributed by atoms with van der Waals surface area (Å²) >= 11 is 0. The van der Waals surface area contributed by atoms with Gasteiger partial charge in [-0.3, -0.25) is 0 Å². The third-order valence-electron chi connectivity index (χ3n) is 7.35. The Morgan fingerprint density at radius 1 is 0.615 bits per heavy atom. The molecule has 4 aromatic carbocycles. The van der Waals surface area contributed by atoms with E-state index in [4.69, 9.17) is 9.47 Å². The zero-order valence-electron chi connectivity index (χ0n) is 21.1. The summed E-state index contributed by atoms with van der Waals surface area (Å²) in [5.41, 5.74) is 2.31. The fourth-order valence-corrected chi connectivity index (χ4v) is 5.76. The molecule has 0 saturated heterocycles. The number of fused-ring (bicyclic) bond motifs is 1. The van der Waals surface area contributed by atoms with Gasteiger partial charge in [0.05, 0.1) is 20.3 Å². The third kappa shape index (κ3) is 4.46. The number of phenols is 6. The van der Waals surface area contributed by atoms with Crippen molar-refractivity contribution in [2.75, 3.05) is 14.2 Å². The molecule has 0 fully saturated rings. The maximum absolute atomic E-state index is 11.8. The Morgan fingerprint density at radius 2 is 1.21 bits per heavy atom. The van der Waals surface area contributed by atoms with Crippen molar-refractivity contribution >= 4 is 0 Å². The van der Waals surface area contributed by atoms with Crippen molar-refractivity contribution in [2.45, 2.75) is 23.9 Å². The van der Waals surface area contributed by atoms with Crippen LogP contribution in [0.5, 0.6) is 46.0 Å². The Morgan fingerprint density at radius 3 is 1.85 bits per heavy atom. The van der Waals surface area contributed by atoms with Crippen LogP contribution in [0.2, 0.25) is 0 Å². The summed E-state index contributed by atoms with van der Waals surface area (Å²) in [5, 5.41) is 74.5. The zero-order valence-corrected chi connectivity index (χ0v) is 21.1. The highest BCUT2D eigenvalue weighted by Crippen LogP contribution is 2.62. The second kappa shape index (κ2) is 9.85. The summed E-state index contributed by atoms with van der Waals surface area (Å²) in [6, 6.07) is 16.0. The smallest absolute Gasteiger partial charge is 0.160 e. The molecule has 202 valence electrons. The molecule has 1 aliphatic carbocycles. The molecule has 0 spiro atoms. The average molecular weight is 533 g/mol. The lowest BCUT2D eigenvalue weighted by Gasteiger charge is -2.30. The van der Waals surface area contributed by atoms with E-state index >= 15 is 0 Å². The molecule has 0 amide bonds. The molecular formula is C30H28O9. The number of aliphatic hydroxyl groups is 1. The number of aliphatic hydroxyl groups excluding tert-OH is 1. The standard InChI is InChI=1S/C30H28O9/c1-38-24-9-14(3-5-21(24)34)26-27(16-7-17(31)11-18(32)8-16)29(20-12-19(33)13-23(36)28(20)26)30(37)15-4-6-22(35)25(10-15)39-2/h3-13,26-27,29-37H,1-2H3/t26-,27-,29-,30+/m1/s1. The molecule has 0 radical (unpaired) electrons. The van der Waals surface area contributed by atoms with Crippen LogP contribution in [-0.2, 0) is 0 Å². The minimum Gasteiger partial charge on any atom is -0.508 e. The first kappa shape index (κ1) is 25.9. The number of hydrogen-bond donors (Lipinski definition) is 7. The molecule has 4 aromatic rings. The molecule has 9 nitrogen and oxygen atoms in total. The van der Waals surface area contributed by atoms with E-state index < -0.39 is 23.9 Å². The van der Waals surface area contributed by atoms with Crippen LogP contribution in [0, 0.1) is 0 Å². The lowest BCUT2D eigenvalue weighted by atomic mass is 9.74. The molecule has 5 rings (SSSR count). The number of methoxy groups -OCH3 is 2. The number of benzene rings is 4. The maximum Gasteiger partial charge on any atom is 0.160 e. The Hall–Kier alpha value is -4.76. The quantitative estimate of drug-likeness (QED) is 0.187. The van der Waals surface area contributed by atoms with Crippen LogP contribution >= 0.6 is 0 Å². The van der Waals surface area contributed by atoms with Crippen LogP contribution in [0.25, 0.3) is 0 Å². The van der Waals surface area contributed by atoms with Crippen LogP contribution in [0.4, 0.5) is 0 Å². The van der Waals surface area contributed by atoms with Crippen molar-refractivity contribution in [1.29, 1.82) is 0 Å². The maximum atomic E-state index is 11.8. The minimum atomic E-state index is -1.25. The summed E-state index contributed by atoms with van der Waals surface area (Å²) in [6.45, 7) is 0. The van der Waals surface area contributed by atoms with Crippen molar-refractivity contribution in [1.82, 2.24) is 0 Å². The first-order chi connectivity index (χ1) is 18.6. The molecule has 4 atom stereocenters. The largest absolute Gasteiger partial charge is 0.508 e. The van der Waals surface area contributed by atoms with Crippen molar-refractivity contribution in [3.05, 3.63) is 94.5 Å². The topological polar surface area (TPSA) is 160 Å². The molecule has 0 saturated carbocycles. The van der Waals surface area contributed by atoms with E-state index in [0.29, 0.717) is 27.8 Å². The molecule has 39 heavy (non-hydrogen) atoms. The van der Waals surface area contributed by atoms with Gasteiger partial charge in [-0.05, 0) is 64.7 Å². The van der Waals surface area contributed by atoms with Crippen molar-refractivity contribution in [3.8, 4) is 46.0 Å². The molecule has 0 bridgehead atoms. The number of aromatic hydroxyl groups is 6. The Bertz CT molecular complexity index is 1530. The Balaban J connectivity index is 1.80. The van der Waals surface area contributed by atoms with Gasteiger partial charge in [-0.15, -0.1) is 0 Å². The molecule has 9 heteroatoms. The van der Waals surface area contributed by atoms with Gasteiger partial charge in [0.2, 0.25) is 0 Å². The Labute approximate surface area is 224 Å². The van der Waals surface area contributed by atoms with Gasteiger partial charge in [-0.2, -0.15) is 0 Å². The van der Waals surface area contributed by atoms with Crippen LogP contribution in [0.15, 0.2) is 66.7 Å². The number of hydrogen-bond acceptors (Lipinski definition) is 9. The Kier molecular flexibility index (Phi) is 6.53. The van der Waals surface area contributed by atoms with E-state index in [1.54, 1.807) is 18.2 Å². The van der Waals surface area contributed by atoms with Gasteiger partial charge in [0.25, 0.3) is 0 Å².